The predicted octanol–water partition coefficient (Wildman–Crippen LogP) is 6.96. The molecule has 29 heavy (non-hydrogen) atoms. The number of aromatic nitrogens is 2. The Kier molecular flexibility index (Phi) is 4.56. The van der Waals surface area contributed by atoms with Crippen molar-refractivity contribution in [2.75, 3.05) is 5.32 Å². The van der Waals surface area contributed by atoms with Gasteiger partial charge in [0, 0.05) is 5.02 Å². The van der Waals surface area contributed by atoms with Gasteiger partial charge in [-0.25, -0.2) is 4.98 Å². The molecular formula is C25H24ClN3. The zero-order valence-corrected chi connectivity index (χ0v) is 17.4. The van der Waals surface area contributed by atoms with E-state index in [4.69, 9.17) is 16.6 Å². The second kappa shape index (κ2) is 7.23. The summed E-state index contributed by atoms with van der Waals surface area (Å²) in [6.45, 7) is 4.47. The highest BCUT2D eigenvalue weighted by molar-refractivity contribution is 6.30. The maximum atomic E-state index is 6.11. The monoisotopic (exact) mass is 401 g/mol. The second-order valence-corrected chi connectivity index (χ2v) is 8.55. The van der Waals surface area contributed by atoms with Crippen LogP contribution in [0.2, 0.25) is 5.02 Å². The van der Waals surface area contributed by atoms with Crippen LogP contribution in [0.3, 0.4) is 0 Å². The van der Waals surface area contributed by atoms with E-state index in [1.807, 2.05) is 18.2 Å². The molecule has 0 unspecified atom stereocenters. The third-order valence-electron chi connectivity index (χ3n) is 5.93. The van der Waals surface area contributed by atoms with Crippen molar-refractivity contribution in [1.29, 1.82) is 0 Å². The molecule has 0 saturated heterocycles. The lowest BCUT2D eigenvalue weighted by atomic mass is 9.91. The van der Waals surface area contributed by atoms with Crippen molar-refractivity contribution in [2.45, 2.75) is 38.3 Å². The van der Waals surface area contributed by atoms with Gasteiger partial charge in [-0.15, -0.1) is 0 Å². The quantitative estimate of drug-likeness (QED) is 0.402. The van der Waals surface area contributed by atoms with Crippen LogP contribution in [0.5, 0.6) is 0 Å². The first-order chi connectivity index (χ1) is 14.1. The Morgan fingerprint density at radius 1 is 0.931 bits per heavy atom. The minimum Gasteiger partial charge on any atom is -0.349 e. The smallest absolute Gasteiger partial charge is 0.204 e. The van der Waals surface area contributed by atoms with Crippen molar-refractivity contribution >= 4 is 28.6 Å². The molecule has 0 amide bonds. The maximum Gasteiger partial charge on any atom is 0.204 e. The molecule has 5 rings (SSSR count). The largest absolute Gasteiger partial charge is 0.349 e. The molecule has 1 N–H and O–H groups in total. The predicted molar refractivity (Wildman–Crippen MR) is 121 cm³/mol. The highest BCUT2D eigenvalue weighted by Gasteiger charge is 2.30. The van der Waals surface area contributed by atoms with Gasteiger partial charge in [0.2, 0.25) is 5.95 Å². The van der Waals surface area contributed by atoms with Crippen LogP contribution < -0.4 is 5.32 Å². The summed E-state index contributed by atoms with van der Waals surface area (Å²) in [4.78, 5) is 4.89. The van der Waals surface area contributed by atoms with Crippen molar-refractivity contribution in [1.82, 2.24) is 9.55 Å². The van der Waals surface area contributed by atoms with E-state index in [1.54, 1.807) is 0 Å². The van der Waals surface area contributed by atoms with Crippen molar-refractivity contribution in [3.63, 3.8) is 0 Å². The number of nitrogens with zero attached hydrogens (tertiary/aromatic N) is 2. The fourth-order valence-corrected chi connectivity index (χ4v) is 4.43. The van der Waals surface area contributed by atoms with Gasteiger partial charge >= 0.3 is 0 Å². The summed E-state index contributed by atoms with van der Waals surface area (Å²) in [6.07, 6.45) is 0.954. The Labute approximate surface area is 176 Å². The molecule has 0 saturated carbocycles. The molecule has 4 heteroatoms. The van der Waals surface area contributed by atoms with Crippen LogP contribution in [0.1, 0.15) is 55.0 Å². The Morgan fingerprint density at radius 3 is 2.34 bits per heavy atom. The van der Waals surface area contributed by atoms with Gasteiger partial charge in [-0.05, 0) is 53.3 Å². The number of hydrogen-bond donors (Lipinski definition) is 1. The van der Waals surface area contributed by atoms with Gasteiger partial charge in [0.1, 0.15) is 0 Å². The summed E-state index contributed by atoms with van der Waals surface area (Å²) in [5.74, 6) is 1.46. The molecular weight excluding hydrogens is 378 g/mol. The number of imidazole rings is 1. The number of fused-ring (bicyclic) bond motifs is 3. The van der Waals surface area contributed by atoms with Gasteiger partial charge in [0.25, 0.3) is 0 Å². The number of benzene rings is 3. The first kappa shape index (κ1) is 18.3. The van der Waals surface area contributed by atoms with Crippen LogP contribution in [0.25, 0.3) is 11.0 Å². The highest BCUT2D eigenvalue weighted by atomic mass is 35.5. The van der Waals surface area contributed by atoms with E-state index in [9.17, 15) is 0 Å². The molecule has 0 fully saturated rings. The van der Waals surface area contributed by atoms with Crippen LogP contribution in [0.4, 0.5) is 5.95 Å². The maximum absolute atomic E-state index is 6.11. The zero-order valence-electron chi connectivity index (χ0n) is 16.6. The molecule has 0 radical (unpaired) electrons. The fourth-order valence-electron chi connectivity index (χ4n) is 4.31. The van der Waals surface area contributed by atoms with Gasteiger partial charge in [-0.1, -0.05) is 74.0 Å². The minimum absolute atomic E-state index is 0.186. The third kappa shape index (κ3) is 3.30. The molecule has 1 aliphatic rings. The SMILES string of the molecule is CC(C)c1ccc([C@@H]2C[C@H](c3ccc(Cl)cc3)Nc3nc4ccccc4n32)cc1. The van der Waals surface area contributed by atoms with Gasteiger partial charge in [-0.3, -0.25) is 0 Å². The summed E-state index contributed by atoms with van der Waals surface area (Å²) < 4.78 is 2.35. The first-order valence-corrected chi connectivity index (χ1v) is 10.6. The van der Waals surface area contributed by atoms with Gasteiger partial charge in [-0.2, -0.15) is 0 Å². The average molecular weight is 402 g/mol. The van der Waals surface area contributed by atoms with E-state index < -0.39 is 0 Å². The van der Waals surface area contributed by atoms with Crippen LogP contribution in [0.15, 0.2) is 72.8 Å². The Morgan fingerprint density at radius 2 is 1.62 bits per heavy atom. The first-order valence-electron chi connectivity index (χ1n) is 10.2. The van der Waals surface area contributed by atoms with Crippen LogP contribution >= 0.6 is 11.6 Å². The summed E-state index contributed by atoms with van der Waals surface area (Å²) in [5.41, 5.74) is 6.11. The van der Waals surface area contributed by atoms with Gasteiger partial charge in [0.15, 0.2) is 0 Å². The number of anilines is 1. The standard InChI is InChI=1S/C25H24ClN3/c1-16(2)17-7-9-19(10-8-17)24-15-22(18-11-13-20(26)14-12-18)28-25-27-21-5-3-4-6-23(21)29(24)25/h3-14,16,22,24H,15H2,1-2H3,(H,27,28)/t22-,24+/m1/s1. The number of para-hydroxylation sites is 2. The molecule has 146 valence electrons. The zero-order chi connectivity index (χ0) is 20.0. The molecule has 2 heterocycles. The van der Waals surface area contributed by atoms with Crippen molar-refractivity contribution in [3.8, 4) is 0 Å². The Hall–Kier alpha value is -2.78. The lowest BCUT2D eigenvalue weighted by Crippen LogP contribution is -2.27. The van der Waals surface area contributed by atoms with E-state index in [0.29, 0.717) is 5.92 Å². The summed E-state index contributed by atoms with van der Waals surface area (Å²) in [6, 6.07) is 26.0. The number of halogens is 1. The van der Waals surface area contributed by atoms with E-state index in [1.165, 1.54) is 22.2 Å². The molecule has 2 atom stereocenters. The normalized spacial score (nSPS) is 18.6. The van der Waals surface area contributed by atoms with Crippen LogP contribution in [0, 0.1) is 0 Å². The number of rotatable bonds is 3. The average Bonchev–Trinajstić information content (AvgIpc) is 3.12. The molecule has 0 spiro atoms. The Bertz CT molecular complexity index is 1140. The van der Waals surface area contributed by atoms with E-state index in [0.717, 1.165) is 22.9 Å². The second-order valence-electron chi connectivity index (χ2n) is 8.12. The number of nitrogens with one attached hydrogen (secondary N) is 1. The molecule has 0 aliphatic carbocycles. The van der Waals surface area contributed by atoms with Gasteiger partial charge in [0.05, 0.1) is 23.1 Å². The summed E-state index contributed by atoms with van der Waals surface area (Å²) in [5, 5.41) is 4.42. The molecule has 4 aromatic rings. The summed E-state index contributed by atoms with van der Waals surface area (Å²) in [7, 11) is 0. The van der Waals surface area contributed by atoms with Crippen molar-refractivity contribution in [3.05, 3.63) is 94.5 Å². The van der Waals surface area contributed by atoms with Crippen LogP contribution in [-0.4, -0.2) is 9.55 Å². The molecule has 3 aromatic carbocycles. The van der Waals surface area contributed by atoms with E-state index in [-0.39, 0.29) is 12.1 Å². The molecule has 1 aliphatic heterocycles. The van der Waals surface area contributed by atoms with E-state index >= 15 is 0 Å². The fraction of sp³-hybridized carbons (Fsp3) is 0.240. The molecule has 0 bridgehead atoms. The third-order valence-corrected chi connectivity index (χ3v) is 6.18. The van der Waals surface area contributed by atoms with Crippen molar-refractivity contribution < 1.29 is 0 Å². The summed E-state index contributed by atoms with van der Waals surface area (Å²) >= 11 is 6.11. The minimum atomic E-state index is 0.186. The van der Waals surface area contributed by atoms with Crippen molar-refractivity contribution in [2.24, 2.45) is 0 Å². The Balaban J connectivity index is 1.62. The molecule has 1 aromatic heterocycles. The van der Waals surface area contributed by atoms with E-state index in [2.05, 4.69) is 78.3 Å². The van der Waals surface area contributed by atoms with Gasteiger partial charge < -0.3 is 9.88 Å². The topological polar surface area (TPSA) is 29.9 Å². The lowest BCUT2D eigenvalue weighted by Gasteiger charge is -2.33. The number of hydrogen-bond acceptors (Lipinski definition) is 2. The van der Waals surface area contributed by atoms with Crippen LogP contribution in [-0.2, 0) is 0 Å². The lowest BCUT2D eigenvalue weighted by molar-refractivity contribution is 0.477. The highest BCUT2D eigenvalue weighted by Crippen LogP contribution is 2.41. The molecule has 3 nitrogen and oxygen atoms in total.